The van der Waals surface area contributed by atoms with Crippen molar-refractivity contribution in [1.29, 1.82) is 0 Å². The van der Waals surface area contributed by atoms with Gasteiger partial charge in [0.05, 0.1) is 24.2 Å². The van der Waals surface area contributed by atoms with Crippen LogP contribution in [0.1, 0.15) is 29.5 Å². The first-order chi connectivity index (χ1) is 20.0. The average Bonchev–Trinajstić information content (AvgIpc) is 3.00. The highest BCUT2D eigenvalue weighted by molar-refractivity contribution is 9.10. The maximum absolute atomic E-state index is 11.9. The molecule has 2 N–H and O–H groups in total. The van der Waals surface area contributed by atoms with E-state index in [0.717, 1.165) is 61.3 Å². The Kier molecular flexibility index (Phi) is 7.57. The quantitative estimate of drug-likeness (QED) is 0.183. The van der Waals surface area contributed by atoms with E-state index in [9.17, 15) is 9.90 Å². The number of ether oxygens (including phenoxy) is 1. The van der Waals surface area contributed by atoms with Gasteiger partial charge in [0.2, 0.25) is 0 Å². The second-order valence-corrected chi connectivity index (χ2v) is 11.2. The molecule has 1 aromatic heterocycles. The van der Waals surface area contributed by atoms with Crippen LogP contribution in [-0.2, 0) is 22.5 Å². The molecule has 204 valence electrons. The molecule has 0 fully saturated rings. The molecule has 0 aliphatic heterocycles. The number of pyridine rings is 1. The number of aromatic nitrogens is 1. The Balaban J connectivity index is 1.41. The summed E-state index contributed by atoms with van der Waals surface area (Å²) in [5.41, 5.74) is 9.89. The Morgan fingerprint density at radius 1 is 0.927 bits per heavy atom. The summed E-state index contributed by atoms with van der Waals surface area (Å²) in [4.78, 5) is 16.7. The summed E-state index contributed by atoms with van der Waals surface area (Å²) in [5.74, 6) is -0.253. The van der Waals surface area contributed by atoms with Gasteiger partial charge in [0.1, 0.15) is 5.75 Å². The number of carbonyl (C=O) groups excluding carboxylic acids is 1. The molecule has 6 rings (SSSR count). The number of hydrogen-bond acceptors (Lipinski definition) is 5. The highest BCUT2D eigenvalue weighted by Crippen LogP contribution is 2.50. The zero-order valence-corrected chi connectivity index (χ0v) is 24.2. The molecule has 5 aromatic rings. The molecule has 1 unspecified atom stereocenters. The van der Waals surface area contributed by atoms with Gasteiger partial charge >= 0.3 is 5.97 Å². The van der Waals surface area contributed by atoms with Gasteiger partial charge in [0.25, 0.3) is 0 Å². The number of phenolic OH excluding ortho intramolecular Hbond substituents is 1. The predicted molar refractivity (Wildman–Crippen MR) is 167 cm³/mol. The second kappa shape index (κ2) is 11.6. The van der Waals surface area contributed by atoms with Gasteiger partial charge in [0, 0.05) is 35.0 Å². The molecule has 1 heterocycles. The van der Waals surface area contributed by atoms with E-state index in [4.69, 9.17) is 9.72 Å². The van der Waals surface area contributed by atoms with Gasteiger partial charge in [0.15, 0.2) is 0 Å². The van der Waals surface area contributed by atoms with Crippen LogP contribution in [0.15, 0.2) is 108 Å². The summed E-state index contributed by atoms with van der Waals surface area (Å²) < 4.78 is 6.57. The van der Waals surface area contributed by atoms with Crippen molar-refractivity contribution in [1.82, 2.24) is 4.98 Å². The summed E-state index contributed by atoms with van der Waals surface area (Å²) in [7, 11) is 0. The Morgan fingerprint density at radius 2 is 1.71 bits per heavy atom. The lowest BCUT2D eigenvalue weighted by molar-refractivity contribution is -0.141. The molecular weight excluding hydrogens is 576 g/mol. The van der Waals surface area contributed by atoms with Gasteiger partial charge in [-0.15, -0.1) is 0 Å². The van der Waals surface area contributed by atoms with Crippen molar-refractivity contribution in [3.05, 3.63) is 124 Å². The lowest BCUT2D eigenvalue weighted by Crippen LogP contribution is -2.20. The van der Waals surface area contributed by atoms with Crippen LogP contribution in [0.3, 0.4) is 0 Å². The highest BCUT2D eigenvalue weighted by atomic mass is 79.9. The van der Waals surface area contributed by atoms with Crippen LogP contribution >= 0.6 is 15.9 Å². The van der Waals surface area contributed by atoms with Crippen LogP contribution in [0.4, 0.5) is 5.69 Å². The lowest BCUT2D eigenvalue weighted by atomic mass is 9.74. The number of esters is 1. The minimum absolute atomic E-state index is 0.139. The van der Waals surface area contributed by atoms with Crippen molar-refractivity contribution in [3.63, 3.8) is 0 Å². The number of aromatic hydroxyl groups is 1. The zero-order valence-electron chi connectivity index (χ0n) is 22.6. The predicted octanol–water partition coefficient (Wildman–Crippen LogP) is 8.37. The SMILES string of the molecule is CC(=O)OCC1Cc2c(-c3ccc(NCc4ccccc4)cn3)cccc2-c2c(O)ccc(-c3ccc(Br)cc3)c21. The third kappa shape index (κ3) is 5.61. The van der Waals surface area contributed by atoms with E-state index in [2.05, 4.69) is 57.6 Å². The average molecular weight is 606 g/mol. The second-order valence-electron chi connectivity index (χ2n) is 10.2. The number of rotatable bonds is 7. The molecule has 41 heavy (non-hydrogen) atoms. The van der Waals surface area contributed by atoms with Crippen LogP contribution in [0, 0.1) is 0 Å². The van der Waals surface area contributed by atoms with Crippen LogP contribution in [-0.4, -0.2) is 22.7 Å². The van der Waals surface area contributed by atoms with Gasteiger partial charge in [-0.3, -0.25) is 9.78 Å². The molecule has 0 saturated carbocycles. The molecule has 1 atom stereocenters. The molecule has 5 nitrogen and oxygen atoms in total. The van der Waals surface area contributed by atoms with Crippen LogP contribution in [0.2, 0.25) is 0 Å². The molecule has 0 spiro atoms. The summed E-state index contributed by atoms with van der Waals surface area (Å²) >= 11 is 3.53. The van der Waals surface area contributed by atoms with E-state index in [1.165, 1.54) is 12.5 Å². The smallest absolute Gasteiger partial charge is 0.302 e. The molecule has 6 heteroatoms. The van der Waals surface area contributed by atoms with Gasteiger partial charge in [-0.25, -0.2) is 0 Å². The van der Waals surface area contributed by atoms with Gasteiger partial charge in [-0.2, -0.15) is 0 Å². The fraction of sp³-hybridized carbons (Fsp3) is 0.143. The van der Waals surface area contributed by atoms with Crippen molar-refractivity contribution < 1.29 is 14.6 Å². The van der Waals surface area contributed by atoms with E-state index in [1.807, 2.05) is 60.8 Å². The topological polar surface area (TPSA) is 71.5 Å². The standard InChI is InChI=1S/C35H29BrN2O3/c1-22(39)41-21-25-18-31-29(32-16-14-27(20-38-32)37-19-23-6-3-2-4-7-23)8-5-9-30(31)35-33(40)17-15-28(34(25)35)24-10-12-26(36)13-11-24/h2-17,20,25,37,40H,18-19,21H2,1H3. The van der Waals surface area contributed by atoms with E-state index in [0.29, 0.717) is 6.42 Å². The first-order valence-electron chi connectivity index (χ1n) is 13.6. The monoisotopic (exact) mass is 604 g/mol. The molecule has 0 radical (unpaired) electrons. The Labute approximate surface area is 248 Å². The number of anilines is 1. The molecule has 0 bridgehead atoms. The summed E-state index contributed by atoms with van der Waals surface area (Å²) in [6.07, 6.45) is 2.50. The van der Waals surface area contributed by atoms with Gasteiger partial charge in [-0.1, -0.05) is 82.7 Å². The van der Waals surface area contributed by atoms with Crippen molar-refractivity contribution in [2.75, 3.05) is 11.9 Å². The number of carbonyl (C=O) groups is 1. The third-order valence-corrected chi connectivity index (χ3v) is 8.08. The zero-order chi connectivity index (χ0) is 28.3. The minimum atomic E-state index is -0.323. The summed E-state index contributed by atoms with van der Waals surface area (Å²) in [6, 6.07) is 32.3. The van der Waals surface area contributed by atoms with Gasteiger partial charge < -0.3 is 15.2 Å². The van der Waals surface area contributed by atoms with Crippen molar-refractivity contribution in [2.24, 2.45) is 0 Å². The van der Waals surface area contributed by atoms with E-state index in [-0.39, 0.29) is 24.2 Å². The third-order valence-electron chi connectivity index (χ3n) is 7.55. The largest absolute Gasteiger partial charge is 0.507 e. The first kappa shape index (κ1) is 26.8. The number of nitrogens with zero attached hydrogens (tertiary/aromatic N) is 1. The molecule has 0 amide bonds. The molecule has 4 aromatic carbocycles. The summed E-state index contributed by atoms with van der Waals surface area (Å²) in [5, 5.41) is 14.7. The maximum atomic E-state index is 11.9. The lowest BCUT2D eigenvalue weighted by Gasteiger charge is -2.31. The van der Waals surface area contributed by atoms with E-state index >= 15 is 0 Å². The number of benzene rings is 4. The molecule has 1 aliphatic carbocycles. The van der Waals surface area contributed by atoms with Crippen LogP contribution in [0.5, 0.6) is 5.75 Å². The molecule has 1 aliphatic rings. The van der Waals surface area contributed by atoms with Crippen molar-refractivity contribution in [3.8, 4) is 39.3 Å². The number of phenols is 1. The number of fused-ring (bicyclic) bond motifs is 3. The minimum Gasteiger partial charge on any atom is -0.507 e. The van der Waals surface area contributed by atoms with Crippen LogP contribution < -0.4 is 5.32 Å². The number of nitrogens with one attached hydrogen (secondary N) is 1. The van der Waals surface area contributed by atoms with E-state index < -0.39 is 0 Å². The van der Waals surface area contributed by atoms with Gasteiger partial charge in [-0.05, 0) is 70.1 Å². The summed E-state index contributed by atoms with van der Waals surface area (Å²) in [6.45, 7) is 2.37. The number of hydrogen-bond donors (Lipinski definition) is 2. The Morgan fingerprint density at radius 3 is 2.44 bits per heavy atom. The first-order valence-corrected chi connectivity index (χ1v) is 14.4. The van der Waals surface area contributed by atoms with Crippen molar-refractivity contribution >= 4 is 27.6 Å². The van der Waals surface area contributed by atoms with E-state index in [1.54, 1.807) is 6.07 Å². The highest BCUT2D eigenvalue weighted by Gasteiger charge is 2.32. The fourth-order valence-electron chi connectivity index (χ4n) is 5.64. The van der Waals surface area contributed by atoms with Crippen LogP contribution in [0.25, 0.3) is 33.5 Å². The molecular formula is C35H29BrN2O3. The fourth-order valence-corrected chi connectivity index (χ4v) is 5.91. The maximum Gasteiger partial charge on any atom is 0.302 e. The molecule has 0 saturated heterocycles. The number of halogens is 1. The normalized spacial score (nSPS) is 13.7. The Bertz CT molecular complexity index is 1700. The van der Waals surface area contributed by atoms with Crippen molar-refractivity contribution in [2.45, 2.75) is 25.8 Å². The Hall–Kier alpha value is -4.42.